The molecule has 2 heteroatoms. The topological polar surface area (TPSA) is 19.0 Å². The van der Waals surface area contributed by atoms with Gasteiger partial charge in [0.15, 0.2) is 0 Å². The van der Waals surface area contributed by atoms with E-state index in [9.17, 15) is 0 Å². The van der Waals surface area contributed by atoms with E-state index in [1.54, 1.807) is 0 Å². The van der Waals surface area contributed by atoms with Crippen molar-refractivity contribution in [3.8, 4) is 11.1 Å². The molecule has 1 aliphatic rings. The van der Waals surface area contributed by atoms with Crippen LogP contribution in [0.3, 0.4) is 0 Å². The van der Waals surface area contributed by atoms with E-state index in [-0.39, 0.29) is 0 Å². The molecule has 0 aliphatic carbocycles. The van der Waals surface area contributed by atoms with Crippen molar-refractivity contribution in [3.05, 3.63) is 95.7 Å². The smallest absolute Gasteiger partial charge is 0.0465 e. The molecule has 0 unspecified atom stereocenters. The first-order valence-corrected chi connectivity index (χ1v) is 9.82. The van der Waals surface area contributed by atoms with Crippen molar-refractivity contribution in [1.29, 1.82) is 0 Å². The van der Waals surface area contributed by atoms with Gasteiger partial charge in [0.1, 0.15) is 0 Å². The van der Waals surface area contributed by atoms with E-state index in [1.165, 1.54) is 38.9 Å². The predicted octanol–water partition coefficient (Wildman–Crippen LogP) is 5.44. The molecule has 0 amide bonds. The Morgan fingerprint density at radius 3 is 2.30 bits per heavy atom. The van der Waals surface area contributed by atoms with Gasteiger partial charge in [0.2, 0.25) is 0 Å². The lowest BCUT2D eigenvalue weighted by Gasteiger charge is -2.19. The van der Waals surface area contributed by atoms with Crippen molar-refractivity contribution >= 4 is 10.9 Å². The Morgan fingerprint density at radius 1 is 0.741 bits per heavy atom. The predicted molar refractivity (Wildman–Crippen MR) is 113 cm³/mol. The molecule has 0 atom stereocenters. The van der Waals surface area contributed by atoms with Gasteiger partial charge in [0.25, 0.3) is 0 Å². The summed E-state index contributed by atoms with van der Waals surface area (Å²) in [4.78, 5) is 6.31. The fourth-order valence-corrected chi connectivity index (χ4v) is 4.37. The highest BCUT2D eigenvalue weighted by Crippen LogP contribution is 2.34. The maximum Gasteiger partial charge on any atom is 0.0465 e. The van der Waals surface area contributed by atoms with Gasteiger partial charge in [-0.15, -0.1) is 0 Å². The fourth-order valence-electron chi connectivity index (χ4n) is 4.37. The van der Waals surface area contributed by atoms with Gasteiger partial charge in [-0.25, -0.2) is 0 Å². The number of aromatic amines is 1. The zero-order chi connectivity index (χ0) is 18.1. The average molecular weight is 352 g/mol. The third-order valence-corrected chi connectivity index (χ3v) is 5.71. The molecule has 2 heterocycles. The van der Waals surface area contributed by atoms with Crippen LogP contribution in [0.4, 0.5) is 0 Å². The molecular formula is C25H24N2. The molecule has 0 saturated heterocycles. The van der Waals surface area contributed by atoms with Gasteiger partial charge < -0.3 is 4.98 Å². The molecule has 0 radical (unpaired) electrons. The van der Waals surface area contributed by atoms with Crippen LogP contribution in [-0.4, -0.2) is 23.0 Å². The normalized spacial score (nSPS) is 14.8. The van der Waals surface area contributed by atoms with Crippen molar-refractivity contribution < 1.29 is 0 Å². The van der Waals surface area contributed by atoms with E-state index in [4.69, 9.17) is 0 Å². The number of rotatable bonds is 3. The molecule has 134 valence electrons. The number of H-pyrrole nitrogens is 1. The van der Waals surface area contributed by atoms with Gasteiger partial charge >= 0.3 is 0 Å². The van der Waals surface area contributed by atoms with Crippen molar-refractivity contribution in [2.45, 2.75) is 19.4 Å². The molecule has 0 fully saturated rings. The molecule has 5 rings (SSSR count). The third kappa shape index (κ3) is 3.17. The first kappa shape index (κ1) is 16.3. The second kappa shape index (κ2) is 7.05. The van der Waals surface area contributed by atoms with Gasteiger partial charge in [-0.05, 0) is 34.7 Å². The number of benzene rings is 3. The number of nitrogens with one attached hydrogen (secondary N) is 1. The van der Waals surface area contributed by atoms with Crippen LogP contribution < -0.4 is 0 Å². The van der Waals surface area contributed by atoms with E-state index < -0.39 is 0 Å². The molecule has 2 nitrogen and oxygen atoms in total. The van der Waals surface area contributed by atoms with Gasteiger partial charge in [-0.1, -0.05) is 72.8 Å². The van der Waals surface area contributed by atoms with Crippen LogP contribution in [0, 0.1) is 0 Å². The summed E-state index contributed by atoms with van der Waals surface area (Å²) in [5.41, 5.74) is 8.26. The highest BCUT2D eigenvalue weighted by atomic mass is 15.1. The van der Waals surface area contributed by atoms with E-state index in [2.05, 4.69) is 88.7 Å². The Morgan fingerprint density at radius 2 is 1.48 bits per heavy atom. The van der Waals surface area contributed by atoms with Gasteiger partial charge in [0.05, 0.1) is 0 Å². The molecule has 4 aromatic rings. The maximum atomic E-state index is 3.72. The molecule has 0 saturated carbocycles. The minimum atomic E-state index is 1.04. The maximum absolute atomic E-state index is 3.72. The molecule has 0 spiro atoms. The highest BCUT2D eigenvalue weighted by Gasteiger charge is 2.20. The summed E-state index contributed by atoms with van der Waals surface area (Å²) in [6, 6.07) is 28.2. The van der Waals surface area contributed by atoms with Crippen molar-refractivity contribution in [2.75, 3.05) is 13.1 Å². The zero-order valence-corrected chi connectivity index (χ0v) is 15.5. The van der Waals surface area contributed by atoms with Crippen LogP contribution in [0.2, 0.25) is 0 Å². The Hall–Kier alpha value is -2.84. The minimum Gasteiger partial charge on any atom is -0.358 e. The Balaban J connectivity index is 1.48. The Labute approximate surface area is 160 Å². The number of aromatic nitrogens is 1. The standard InChI is InChI=1S/C25H24N2/c1-3-8-19(9-4-1)18-27-16-14-22-23(15-17-27)26-24-13-7-12-21(25(22)24)20-10-5-2-6-11-20/h1-13,26H,14-18H2. The lowest BCUT2D eigenvalue weighted by Crippen LogP contribution is -2.26. The average Bonchev–Trinajstić information content (AvgIpc) is 2.98. The summed E-state index contributed by atoms with van der Waals surface area (Å²) < 4.78 is 0. The minimum absolute atomic E-state index is 1.04. The Bertz CT molecular complexity index is 1050. The summed E-state index contributed by atoms with van der Waals surface area (Å²) in [5, 5.41) is 1.42. The quantitative estimate of drug-likeness (QED) is 0.520. The summed E-state index contributed by atoms with van der Waals surface area (Å²) in [6.07, 6.45) is 2.19. The van der Waals surface area contributed by atoms with Crippen LogP contribution in [0.1, 0.15) is 16.8 Å². The summed E-state index contributed by atoms with van der Waals surface area (Å²) in [7, 11) is 0. The van der Waals surface area contributed by atoms with Crippen molar-refractivity contribution in [3.63, 3.8) is 0 Å². The van der Waals surface area contributed by atoms with Crippen LogP contribution in [0.5, 0.6) is 0 Å². The van der Waals surface area contributed by atoms with Gasteiger partial charge in [0, 0.05) is 42.7 Å². The molecule has 1 aliphatic heterocycles. The number of hydrogen-bond donors (Lipinski definition) is 1. The van der Waals surface area contributed by atoms with Crippen LogP contribution in [-0.2, 0) is 19.4 Å². The van der Waals surface area contributed by atoms with E-state index in [0.29, 0.717) is 0 Å². The molecule has 0 bridgehead atoms. The lowest BCUT2D eigenvalue weighted by molar-refractivity contribution is 0.279. The molecular weight excluding hydrogens is 328 g/mol. The van der Waals surface area contributed by atoms with E-state index >= 15 is 0 Å². The first-order valence-electron chi connectivity index (χ1n) is 9.82. The Kier molecular flexibility index (Phi) is 4.27. The number of hydrogen-bond acceptors (Lipinski definition) is 1. The van der Waals surface area contributed by atoms with Crippen molar-refractivity contribution in [1.82, 2.24) is 9.88 Å². The first-order chi connectivity index (χ1) is 13.4. The SMILES string of the molecule is c1ccc(CN2CCc3[nH]c4cccc(-c5ccccc5)c4c3CC2)cc1. The van der Waals surface area contributed by atoms with Crippen LogP contribution in [0.25, 0.3) is 22.0 Å². The van der Waals surface area contributed by atoms with Crippen LogP contribution >= 0.6 is 0 Å². The second-order valence-corrected chi connectivity index (χ2v) is 7.44. The largest absolute Gasteiger partial charge is 0.358 e. The second-order valence-electron chi connectivity index (χ2n) is 7.44. The highest BCUT2D eigenvalue weighted by molar-refractivity contribution is 5.98. The fraction of sp³-hybridized carbons (Fsp3) is 0.200. The number of nitrogens with zero attached hydrogens (tertiary/aromatic N) is 1. The number of fused-ring (bicyclic) bond motifs is 3. The van der Waals surface area contributed by atoms with E-state index in [0.717, 1.165) is 32.5 Å². The molecule has 27 heavy (non-hydrogen) atoms. The monoisotopic (exact) mass is 352 g/mol. The summed E-state index contributed by atoms with van der Waals surface area (Å²) >= 11 is 0. The zero-order valence-electron chi connectivity index (χ0n) is 15.5. The third-order valence-electron chi connectivity index (χ3n) is 5.71. The molecule has 3 aromatic carbocycles. The van der Waals surface area contributed by atoms with Crippen molar-refractivity contribution in [2.24, 2.45) is 0 Å². The summed E-state index contributed by atoms with van der Waals surface area (Å²) in [6.45, 7) is 3.25. The summed E-state index contributed by atoms with van der Waals surface area (Å²) in [5.74, 6) is 0. The van der Waals surface area contributed by atoms with Crippen LogP contribution in [0.15, 0.2) is 78.9 Å². The van der Waals surface area contributed by atoms with E-state index in [1.807, 2.05) is 0 Å². The molecule has 1 N–H and O–H groups in total. The molecule has 1 aromatic heterocycles. The van der Waals surface area contributed by atoms with Gasteiger partial charge in [-0.2, -0.15) is 0 Å². The van der Waals surface area contributed by atoms with Gasteiger partial charge in [-0.3, -0.25) is 4.90 Å². The lowest BCUT2D eigenvalue weighted by atomic mass is 9.97.